The number of amides is 1. The number of carbonyl (C=O) groups is 1. The summed E-state index contributed by atoms with van der Waals surface area (Å²) in [6.45, 7) is 2.85. The molecule has 2 N–H and O–H groups in total. The van der Waals surface area contributed by atoms with Gasteiger partial charge in [0.25, 0.3) is 5.91 Å². The third-order valence-electron chi connectivity index (χ3n) is 4.37. The van der Waals surface area contributed by atoms with Crippen LogP contribution in [0.4, 0.5) is 0 Å². The number of carbonyl (C=O) groups excluding carboxylic acids is 1. The quantitative estimate of drug-likeness (QED) is 0.912. The number of piperidine rings is 1. The van der Waals surface area contributed by atoms with Gasteiger partial charge < -0.3 is 20.1 Å². The third kappa shape index (κ3) is 4.83. The zero-order valence-corrected chi connectivity index (χ0v) is 14.1. The van der Waals surface area contributed by atoms with Crippen molar-refractivity contribution in [1.29, 1.82) is 0 Å². The molecule has 3 rings (SSSR count). The highest BCUT2D eigenvalue weighted by molar-refractivity contribution is 5.94. The Bertz CT molecular complexity index is 512. The van der Waals surface area contributed by atoms with Crippen LogP contribution in [0.15, 0.2) is 24.3 Å². The van der Waals surface area contributed by atoms with Crippen LogP contribution in [0, 0.1) is 0 Å². The lowest BCUT2D eigenvalue weighted by Crippen LogP contribution is -2.42. The number of nitrogens with two attached hydrogens (primary N) is 1. The highest BCUT2D eigenvalue weighted by Gasteiger charge is 2.22. The van der Waals surface area contributed by atoms with Gasteiger partial charge in [0.2, 0.25) is 0 Å². The van der Waals surface area contributed by atoms with Gasteiger partial charge in [-0.2, -0.15) is 0 Å². The third-order valence-corrected chi connectivity index (χ3v) is 4.37. The fourth-order valence-electron chi connectivity index (χ4n) is 2.97. The highest BCUT2D eigenvalue weighted by Crippen LogP contribution is 2.19. The van der Waals surface area contributed by atoms with E-state index in [2.05, 4.69) is 0 Å². The van der Waals surface area contributed by atoms with Crippen molar-refractivity contribution in [2.45, 2.75) is 37.8 Å². The molecule has 0 saturated carbocycles. The Morgan fingerprint density at radius 3 is 2.78 bits per heavy atom. The fraction of sp³-hybridized carbons (Fsp3) is 0.588. The summed E-state index contributed by atoms with van der Waals surface area (Å²) >= 11 is 0. The van der Waals surface area contributed by atoms with Gasteiger partial charge in [-0.1, -0.05) is 6.07 Å². The Hall–Kier alpha value is -1.30. The first-order valence-electron chi connectivity index (χ1n) is 8.12. The minimum Gasteiger partial charge on any atom is -0.491 e. The van der Waals surface area contributed by atoms with Crippen LogP contribution in [0.2, 0.25) is 0 Å². The predicted octanol–water partition coefficient (Wildman–Crippen LogP) is 2.23. The molecule has 2 aliphatic rings. The molecule has 2 saturated heterocycles. The Kier molecular flexibility index (Phi) is 6.69. The van der Waals surface area contributed by atoms with Crippen LogP contribution in [0.3, 0.4) is 0 Å². The van der Waals surface area contributed by atoms with E-state index in [-0.39, 0.29) is 30.5 Å². The molecule has 1 aromatic rings. The molecule has 1 unspecified atom stereocenters. The number of likely N-dealkylation sites (tertiary alicyclic amines) is 1. The van der Waals surface area contributed by atoms with E-state index in [1.165, 1.54) is 0 Å². The predicted molar refractivity (Wildman–Crippen MR) is 91.3 cm³/mol. The van der Waals surface area contributed by atoms with Gasteiger partial charge >= 0.3 is 0 Å². The molecule has 0 bridgehead atoms. The number of rotatable bonds is 4. The van der Waals surface area contributed by atoms with Gasteiger partial charge in [-0.25, -0.2) is 0 Å². The molecule has 128 valence electrons. The van der Waals surface area contributed by atoms with E-state index >= 15 is 0 Å². The van der Waals surface area contributed by atoms with Crippen molar-refractivity contribution in [3.05, 3.63) is 29.8 Å². The zero-order chi connectivity index (χ0) is 15.4. The van der Waals surface area contributed by atoms with Gasteiger partial charge in [-0.15, -0.1) is 12.4 Å². The van der Waals surface area contributed by atoms with E-state index in [0.29, 0.717) is 12.2 Å². The molecule has 2 heterocycles. The topological polar surface area (TPSA) is 64.8 Å². The molecule has 1 atom stereocenters. The molecule has 0 radical (unpaired) electrons. The maximum Gasteiger partial charge on any atom is 0.253 e. The maximum absolute atomic E-state index is 12.5. The summed E-state index contributed by atoms with van der Waals surface area (Å²) in [5.41, 5.74) is 6.57. The van der Waals surface area contributed by atoms with E-state index < -0.39 is 0 Å². The monoisotopic (exact) mass is 340 g/mol. The summed E-state index contributed by atoms with van der Waals surface area (Å²) in [7, 11) is 0. The second-order valence-corrected chi connectivity index (χ2v) is 6.10. The summed E-state index contributed by atoms with van der Waals surface area (Å²) in [5.74, 6) is 0.796. The first kappa shape index (κ1) is 18.0. The highest BCUT2D eigenvalue weighted by atomic mass is 35.5. The van der Waals surface area contributed by atoms with E-state index in [4.69, 9.17) is 15.2 Å². The molecule has 0 spiro atoms. The van der Waals surface area contributed by atoms with Crippen LogP contribution in [0.5, 0.6) is 5.75 Å². The molecule has 2 fully saturated rings. The number of hydrogen-bond acceptors (Lipinski definition) is 4. The number of halogens is 1. The van der Waals surface area contributed by atoms with Crippen LogP contribution < -0.4 is 10.5 Å². The van der Waals surface area contributed by atoms with E-state index in [0.717, 1.165) is 51.1 Å². The molecule has 2 aliphatic heterocycles. The average molecular weight is 341 g/mol. The van der Waals surface area contributed by atoms with Gasteiger partial charge in [0.05, 0.1) is 6.10 Å². The van der Waals surface area contributed by atoms with Crippen LogP contribution in [-0.2, 0) is 4.74 Å². The van der Waals surface area contributed by atoms with Crippen molar-refractivity contribution in [3.8, 4) is 5.75 Å². The molecule has 0 aliphatic carbocycles. The number of nitrogens with zero attached hydrogens (tertiary/aromatic N) is 1. The standard InChI is InChI=1S/C17H24N2O3.ClH/c18-14-6-8-19(9-7-14)17(20)13-3-1-4-15(11-13)22-12-16-5-2-10-21-16;/h1,3-4,11,14,16H,2,5-10,12,18H2;1H. The molecule has 1 amide bonds. The van der Waals surface area contributed by atoms with Crippen LogP contribution in [0.25, 0.3) is 0 Å². The normalized spacial score (nSPS) is 21.8. The van der Waals surface area contributed by atoms with E-state index in [1.807, 2.05) is 29.2 Å². The average Bonchev–Trinajstić information content (AvgIpc) is 3.07. The first-order valence-corrected chi connectivity index (χ1v) is 8.12. The molecular formula is C17H25ClN2O3. The Labute approximate surface area is 143 Å². The molecule has 0 aromatic heterocycles. The number of benzene rings is 1. The van der Waals surface area contributed by atoms with Crippen molar-refractivity contribution >= 4 is 18.3 Å². The minimum absolute atomic E-state index is 0. The SMILES string of the molecule is Cl.NC1CCN(C(=O)c2cccc(OCC3CCCO3)c2)CC1. The maximum atomic E-state index is 12.5. The largest absolute Gasteiger partial charge is 0.491 e. The number of hydrogen-bond donors (Lipinski definition) is 1. The summed E-state index contributed by atoms with van der Waals surface area (Å²) in [4.78, 5) is 14.4. The Morgan fingerprint density at radius 2 is 2.09 bits per heavy atom. The van der Waals surface area contributed by atoms with Gasteiger partial charge in [0, 0.05) is 31.3 Å². The van der Waals surface area contributed by atoms with E-state index in [1.54, 1.807) is 0 Å². The van der Waals surface area contributed by atoms with Crippen molar-refractivity contribution < 1.29 is 14.3 Å². The molecule has 1 aromatic carbocycles. The second kappa shape index (κ2) is 8.52. The zero-order valence-electron chi connectivity index (χ0n) is 13.3. The Balaban J connectivity index is 0.00000192. The van der Waals surface area contributed by atoms with Crippen LogP contribution in [-0.4, -0.2) is 49.3 Å². The van der Waals surface area contributed by atoms with Gasteiger partial charge in [0.15, 0.2) is 0 Å². The molecular weight excluding hydrogens is 316 g/mol. The lowest BCUT2D eigenvalue weighted by atomic mass is 10.0. The fourth-order valence-corrected chi connectivity index (χ4v) is 2.97. The summed E-state index contributed by atoms with van der Waals surface area (Å²) in [6.07, 6.45) is 4.08. The molecule has 5 nitrogen and oxygen atoms in total. The van der Waals surface area contributed by atoms with Crippen molar-refractivity contribution in [3.63, 3.8) is 0 Å². The van der Waals surface area contributed by atoms with Gasteiger partial charge in [0.1, 0.15) is 12.4 Å². The van der Waals surface area contributed by atoms with E-state index in [9.17, 15) is 4.79 Å². The van der Waals surface area contributed by atoms with Crippen molar-refractivity contribution in [2.24, 2.45) is 5.73 Å². The summed E-state index contributed by atoms with van der Waals surface area (Å²) < 4.78 is 11.3. The van der Waals surface area contributed by atoms with Crippen LogP contribution in [0.1, 0.15) is 36.0 Å². The van der Waals surface area contributed by atoms with Gasteiger partial charge in [-0.05, 0) is 43.9 Å². The minimum atomic E-state index is 0. The summed E-state index contributed by atoms with van der Waals surface area (Å²) in [6, 6.07) is 7.65. The molecule has 23 heavy (non-hydrogen) atoms. The first-order chi connectivity index (χ1) is 10.7. The lowest BCUT2D eigenvalue weighted by molar-refractivity contribution is 0.0675. The van der Waals surface area contributed by atoms with Crippen molar-refractivity contribution in [2.75, 3.05) is 26.3 Å². The Morgan fingerprint density at radius 1 is 1.30 bits per heavy atom. The molecule has 6 heteroatoms. The number of ether oxygens (including phenoxy) is 2. The van der Waals surface area contributed by atoms with Crippen molar-refractivity contribution in [1.82, 2.24) is 4.90 Å². The second-order valence-electron chi connectivity index (χ2n) is 6.10. The lowest BCUT2D eigenvalue weighted by Gasteiger charge is -2.30. The van der Waals surface area contributed by atoms with Gasteiger partial charge in [-0.3, -0.25) is 4.79 Å². The smallest absolute Gasteiger partial charge is 0.253 e. The van der Waals surface area contributed by atoms with Crippen LogP contribution >= 0.6 is 12.4 Å². The summed E-state index contributed by atoms with van der Waals surface area (Å²) in [5, 5.41) is 0.